The Bertz CT molecular complexity index is 535. The zero-order chi connectivity index (χ0) is 15.2. The monoisotopic (exact) mass is 292 g/mol. The van der Waals surface area contributed by atoms with Crippen LogP contribution in [0.25, 0.3) is 0 Å². The van der Waals surface area contributed by atoms with Crippen LogP contribution >= 0.6 is 0 Å². The molecule has 0 aliphatic heterocycles. The minimum atomic E-state index is -0.103. The Morgan fingerprint density at radius 1 is 1.48 bits per heavy atom. The maximum Gasteiger partial charge on any atom is 0.293 e. The molecule has 1 aliphatic carbocycles. The Kier molecular flexibility index (Phi) is 5.36. The summed E-state index contributed by atoms with van der Waals surface area (Å²) in [5.74, 6) is 0.863. The van der Waals surface area contributed by atoms with Crippen molar-refractivity contribution in [1.82, 2.24) is 14.9 Å². The zero-order valence-corrected chi connectivity index (χ0v) is 12.8. The Labute approximate surface area is 125 Å². The molecule has 0 saturated heterocycles. The third-order valence-electron chi connectivity index (χ3n) is 3.29. The summed E-state index contributed by atoms with van der Waals surface area (Å²) in [4.78, 5) is 27.7. The molecule has 0 spiro atoms. The molecule has 0 unspecified atom stereocenters. The number of nitrogens with zero attached hydrogens (tertiary/aromatic N) is 2. The first-order chi connectivity index (χ1) is 10.1. The van der Waals surface area contributed by atoms with Crippen molar-refractivity contribution in [2.45, 2.75) is 52.1 Å². The molecule has 116 valence electrons. The second-order valence-electron chi connectivity index (χ2n) is 6.00. The fraction of sp³-hybridized carbons (Fsp3) is 0.667. The quantitative estimate of drug-likeness (QED) is 0.710. The highest BCUT2D eigenvalue weighted by Crippen LogP contribution is 2.18. The molecule has 1 aromatic rings. The van der Waals surface area contributed by atoms with E-state index in [4.69, 9.17) is 0 Å². The molecule has 6 nitrogen and oxygen atoms in total. The molecule has 0 bridgehead atoms. The van der Waals surface area contributed by atoms with Gasteiger partial charge < -0.3 is 15.2 Å². The van der Waals surface area contributed by atoms with Crippen LogP contribution in [-0.2, 0) is 11.3 Å². The van der Waals surface area contributed by atoms with Gasteiger partial charge in [0, 0.05) is 37.9 Å². The first kappa shape index (κ1) is 15.5. The number of nitrogens with one attached hydrogen (secondary N) is 2. The summed E-state index contributed by atoms with van der Waals surface area (Å²) in [5, 5.41) is 5.97. The molecule has 21 heavy (non-hydrogen) atoms. The summed E-state index contributed by atoms with van der Waals surface area (Å²) in [6, 6.07) is 0.407. The van der Waals surface area contributed by atoms with E-state index in [2.05, 4.69) is 29.5 Å². The van der Waals surface area contributed by atoms with E-state index in [1.807, 2.05) is 0 Å². The standard InChI is InChI=1S/C15H24N4O2/c1-11(2)10-19-9-8-17-14(15(19)21)16-7-3-4-13(20)18-12-5-6-12/h8-9,11-12H,3-7,10H2,1-2H3,(H,16,17)(H,18,20). The summed E-state index contributed by atoms with van der Waals surface area (Å²) < 4.78 is 1.67. The molecule has 0 atom stereocenters. The van der Waals surface area contributed by atoms with Crippen LogP contribution in [0.4, 0.5) is 5.82 Å². The zero-order valence-electron chi connectivity index (χ0n) is 12.8. The summed E-state index contributed by atoms with van der Waals surface area (Å²) in [7, 11) is 0. The van der Waals surface area contributed by atoms with Crippen molar-refractivity contribution in [3.05, 3.63) is 22.7 Å². The summed E-state index contributed by atoms with van der Waals surface area (Å²) in [6.07, 6.45) is 6.72. The lowest BCUT2D eigenvalue weighted by Gasteiger charge is -2.10. The Morgan fingerprint density at radius 3 is 2.90 bits per heavy atom. The van der Waals surface area contributed by atoms with Crippen molar-refractivity contribution in [1.29, 1.82) is 0 Å². The average molecular weight is 292 g/mol. The van der Waals surface area contributed by atoms with Gasteiger partial charge in [-0.25, -0.2) is 4.98 Å². The Hall–Kier alpha value is -1.85. The first-order valence-electron chi connectivity index (χ1n) is 7.65. The van der Waals surface area contributed by atoms with Crippen molar-refractivity contribution in [2.75, 3.05) is 11.9 Å². The van der Waals surface area contributed by atoms with E-state index in [-0.39, 0.29) is 11.5 Å². The van der Waals surface area contributed by atoms with Crippen molar-refractivity contribution in [2.24, 2.45) is 5.92 Å². The lowest BCUT2D eigenvalue weighted by molar-refractivity contribution is -0.121. The second kappa shape index (κ2) is 7.24. The summed E-state index contributed by atoms with van der Waals surface area (Å²) in [6.45, 7) is 5.39. The molecule has 1 fully saturated rings. The van der Waals surface area contributed by atoms with E-state index in [0.29, 0.717) is 43.7 Å². The molecule has 1 heterocycles. The molecular weight excluding hydrogens is 268 g/mol. The highest BCUT2D eigenvalue weighted by atomic mass is 16.1. The number of anilines is 1. The van der Waals surface area contributed by atoms with Crippen molar-refractivity contribution in [3.8, 4) is 0 Å². The predicted octanol–water partition coefficient (Wildman–Crippen LogP) is 1.37. The first-order valence-corrected chi connectivity index (χ1v) is 7.65. The van der Waals surface area contributed by atoms with E-state index in [0.717, 1.165) is 12.8 Å². The number of hydrogen-bond acceptors (Lipinski definition) is 4. The van der Waals surface area contributed by atoms with E-state index >= 15 is 0 Å². The minimum absolute atomic E-state index is 0.0949. The normalized spacial score (nSPS) is 14.2. The lowest BCUT2D eigenvalue weighted by atomic mass is 10.2. The highest BCUT2D eigenvalue weighted by molar-refractivity contribution is 5.76. The number of hydrogen-bond donors (Lipinski definition) is 2. The van der Waals surface area contributed by atoms with Gasteiger partial charge in [0.1, 0.15) is 0 Å². The van der Waals surface area contributed by atoms with Gasteiger partial charge in [0.05, 0.1) is 0 Å². The maximum absolute atomic E-state index is 12.1. The fourth-order valence-corrected chi connectivity index (χ4v) is 2.09. The number of amides is 1. The van der Waals surface area contributed by atoms with Crippen molar-refractivity contribution >= 4 is 11.7 Å². The SMILES string of the molecule is CC(C)Cn1ccnc(NCCCC(=O)NC2CC2)c1=O. The second-order valence-corrected chi connectivity index (χ2v) is 6.00. The minimum Gasteiger partial charge on any atom is -0.365 e. The number of carbonyl (C=O) groups is 1. The molecule has 2 rings (SSSR count). The smallest absolute Gasteiger partial charge is 0.293 e. The summed E-state index contributed by atoms with van der Waals surface area (Å²) in [5.41, 5.74) is -0.103. The molecule has 2 N–H and O–H groups in total. The molecule has 1 amide bonds. The van der Waals surface area contributed by atoms with Crippen LogP contribution in [0.1, 0.15) is 39.5 Å². The van der Waals surface area contributed by atoms with Crippen LogP contribution in [0.15, 0.2) is 17.2 Å². The summed E-state index contributed by atoms with van der Waals surface area (Å²) >= 11 is 0. The van der Waals surface area contributed by atoms with Gasteiger partial charge in [-0.3, -0.25) is 9.59 Å². The predicted molar refractivity (Wildman–Crippen MR) is 82.2 cm³/mol. The van der Waals surface area contributed by atoms with Crippen LogP contribution in [0, 0.1) is 5.92 Å². The van der Waals surface area contributed by atoms with Crippen molar-refractivity contribution in [3.63, 3.8) is 0 Å². The van der Waals surface area contributed by atoms with Crippen LogP contribution < -0.4 is 16.2 Å². The van der Waals surface area contributed by atoms with E-state index in [9.17, 15) is 9.59 Å². The number of carbonyl (C=O) groups excluding carboxylic acids is 1. The molecule has 0 radical (unpaired) electrons. The van der Waals surface area contributed by atoms with Crippen LogP contribution in [-0.4, -0.2) is 28.0 Å². The lowest BCUT2D eigenvalue weighted by Crippen LogP contribution is -2.27. The van der Waals surface area contributed by atoms with E-state index in [1.54, 1.807) is 17.0 Å². The molecule has 1 saturated carbocycles. The largest absolute Gasteiger partial charge is 0.365 e. The molecule has 1 aliphatic rings. The Morgan fingerprint density at radius 2 is 2.24 bits per heavy atom. The average Bonchev–Trinajstić information content (AvgIpc) is 3.22. The third kappa shape index (κ3) is 5.21. The Balaban J connectivity index is 1.77. The molecule has 6 heteroatoms. The molecule has 0 aromatic carbocycles. The van der Waals surface area contributed by atoms with Gasteiger partial charge in [0.15, 0.2) is 5.82 Å². The van der Waals surface area contributed by atoms with Gasteiger partial charge in [-0.05, 0) is 25.2 Å². The fourth-order valence-electron chi connectivity index (χ4n) is 2.09. The van der Waals surface area contributed by atoms with Gasteiger partial charge in [-0.15, -0.1) is 0 Å². The van der Waals surface area contributed by atoms with Crippen LogP contribution in [0.5, 0.6) is 0 Å². The molecular formula is C15H24N4O2. The number of aromatic nitrogens is 2. The van der Waals surface area contributed by atoms with Gasteiger partial charge >= 0.3 is 0 Å². The van der Waals surface area contributed by atoms with E-state index < -0.39 is 0 Å². The van der Waals surface area contributed by atoms with Gasteiger partial charge in [-0.2, -0.15) is 0 Å². The maximum atomic E-state index is 12.1. The van der Waals surface area contributed by atoms with Gasteiger partial charge in [0.2, 0.25) is 5.91 Å². The van der Waals surface area contributed by atoms with Crippen LogP contribution in [0.2, 0.25) is 0 Å². The van der Waals surface area contributed by atoms with E-state index in [1.165, 1.54) is 0 Å². The van der Waals surface area contributed by atoms with Crippen molar-refractivity contribution < 1.29 is 4.79 Å². The van der Waals surface area contributed by atoms with Crippen LogP contribution in [0.3, 0.4) is 0 Å². The van der Waals surface area contributed by atoms with Gasteiger partial charge in [-0.1, -0.05) is 13.8 Å². The third-order valence-corrected chi connectivity index (χ3v) is 3.29. The number of rotatable bonds is 8. The van der Waals surface area contributed by atoms with Gasteiger partial charge in [0.25, 0.3) is 5.56 Å². The topological polar surface area (TPSA) is 76.0 Å². The molecule has 1 aromatic heterocycles. The highest BCUT2D eigenvalue weighted by Gasteiger charge is 2.22.